The molecule has 5 nitrogen and oxygen atoms in total. The van der Waals surface area contributed by atoms with Gasteiger partial charge < -0.3 is 5.32 Å². The van der Waals surface area contributed by atoms with Gasteiger partial charge in [0, 0.05) is 28.1 Å². The highest BCUT2D eigenvalue weighted by atomic mass is 35.5. The highest BCUT2D eigenvalue weighted by Gasteiger charge is 2.22. The minimum absolute atomic E-state index is 0.247. The second-order valence-electron chi connectivity index (χ2n) is 6.39. The molecule has 0 radical (unpaired) electrons. The predicted octanol–water partition coefficient (Wildman–Crippen LogP) is 4.37. The number of benzene rings is 2. The molecule has 29 heavy (non-hydrogen) atoms. The standard InChI is InChI=1S/C20H24Cl2N2O3S2/c1-3-15-6-4-5-7-19(15)24(29(2,26)27)13-20(25)23-10-11-28-14-16-8-9-17(21)12-18(16)22/h4-9,12H,3,10-11,13-14H2,1-2H3,(H,23,25). The fourth-order valence-electron chi connectivity index (χ4n) is 2.70. The van der Waals surface area contributed by atoms with Crippen molar-refractivity contribution in [3.8, 4) is 0 Å². The molecule has 0 bridgehead atoms. The average molecular weight is 475 g/mol. The van der Waals surface area contributed by atoms with Gasteiger partial charge in [-0.15, -0.1) is 0 Å². The van der Waals surface area contributed by atoms with Gasteiger partial charge in [0.25, 0.3) is 0 Å². The summed E-state index contributed by atoms with van der Waals surface area (Å²) in [5, 5.41) is 3.99. The van der Waals surface area contributed by atoms with E-state index in [0.29, 0.717) is 40.2 Å². The number of aryl methyl sites for hydroxylation is 1. The molecule has 0 fully saturated rings. The van der Waals surface area contributed by atoms with Crippen LogP contribution in [0.2, 0.25) is 10.0 Å². The Morgan fingerprint density at radius 1 is 1.14 bits per heavy atom. The van der Waals surface area contributed by atoms with Crippen LogP contribution in [0.1, 0.15) is 18.1 Å². The number of hydrogen-bond acceptors (Lipinski definition) is 4. The Hall–Kier alpha value is -1.41. The molecule has 0 saturated carbocycles. The van der Waals surface area contributed by atoms with Gasteiger partial charge >= 0.3 is 0 Å². The fraction of sp³-hybridized carbons (Fsp3) is 0.350. The number of nitrogens with one attached hydrogen (secondary N) is 1. The first-order valence-corrected chi connectivity index (χ1v) is 12.8. The van der Waals surface area contributed by atoms with Crippen molar-refractivity contribution in [2.45, 2.75) is 19.1 Å². The minimum atomic E-state index is -3.58. The van der Waals surface area contributed by atoms with Gasteiger partial charge in [-0.25, -0.2) is 8.42 Å². The van der Waals surface area contributed by atoms with Crippen molar-refractivity contribution in [3.63, 3.8) is 0 Å². The van der Waals surface area contributed by atoms with Gasteiger partial charge in [0.2, 0.25) is 15.9 Å². The third-order valence-electron chi connectivity index (χ3n) is 4.17. The zero-order chi connectivity index (χ0) is 21.4. The Morgan fingerprint density at radius 2 is 1.86 bits per heavy atom. The molecule has 1 N–H and O–H groups in total. The first kappa shape index (κ1) is 23.9. The molecule has 9 heteroatoms. The smallest absolute Gasteiger partial charge is 0.240 e. The topological polar surface area (TPSA) is 66.5 Å². The van der Waals surface area contributed by atoms with Gasteiger partial charge in [0.1, 0.15) is 6.54 Å². The van der Waals surface area contributed by atoms with Crippen molar-refractivity contribution in [1.82, 2.24) is 5.32 Å². The summed E-state index contributed by atoms with van der Waals surface area (Å²) < 4.78 is 25.6. The maximum absolute atomic E-state index is 12.3. The van der Waals surface area contributed by atoms with E-state index in [2.05, 4.69) is 5.32 Å². The molecule has 1 amide bonds. The molecule has 2 aromatic rings. The summed E-state index contributed by atoms with van der Waals surface area (Å²) in [6.07, 6.45) is 1.78. The molecule has 0 aromatic heterocycles. The van der Waals surface area contributed by atoms with Crippen LogP contribution in [0.5, 0.6) is 0 Å². The first-order valence-electron chi connectivity index (χ1n) is 9.06. The van der Waals surface area contributed by atoms with Crippen molar-refractivity contribution in [1.29, 1.82) is 0 Å². The summed E-state index contributed by atoms with van der Waals surface area (Å²) >= 11 is 13.7. The van der Waals surface area contributed by atoms with E-state index in [1.54, 1.807) is 36.0 Å². The number of para-hydroxylation sites is 1. The van der Waals surface area contributed by atoms with Gasteiger partial charge in [-0.05, 0) is 35.7 Å². The lowest BCUT2D eigenvalue weighted by molar-refractivity contribution is -0.119. The van der Waals surface area contributed by atoms with Crippen LogP contribution in [0.3, 0.4) is 0 Å². The quantitative estimate of drug-likeness (QED) is 0.519. The molecule has 158 valence electrons. The van der Waals surface area contributed by atoms with Crippen molar-refractivity contribution in [2.24, 2.45) is 0 Å². The maximum atomic E-state index is 12.3. The Kier molecular flexibility index (Phi) is 9.14. The Balaban J connectivity index is 1.87. The van der Waals surface area contributed by atoms with E-state index in [1.165, 1.54) is 0 Å². The zero-order valence-electron chi connectivity index (χ0n) is 16.3. The van der Waals surface area contributed by atoms with E-state index in [-0.39, 0.29) is 12.5 Å². The van der Waals surface area contributed by atoms with Gasteiger partial charge in [0.15, 0.2) is 0 Å². The van der Waals surface area contributed by atoms with Crippen LogP contribution in [0, 0.1) is 0 Å². The molecule has 0 atom stereocenters. The Labute approximate surface area is 186 Å². The number of carbonyl (C=O) groups excluding carboxylic acids is 1. The van der Waals surface area contributed by atoms with Crippen LogP contribution in [0.4, 0.5) is 5.69 Å². The lowest BCUT2D eigenvalue weighted by Crippen LogP contribution is -2.41. The number of rotatable bonds is 10. The summed E-state index contributed by atoms with van der Waals surface area (Å²) in [7, 11) is -3.58. The number of nitrogens with zero attached hydrogens (tertiary/aromatic N) is 1. The predicted molar refractivity (Wildman–Crippen MR) is 124 cm³/mol. The molecular weight excluding hydrogens is 451 g/mol. The van der Waals surface area contributed by atoms with Crippen LogP contribution in [0.15, 0.2) is 42.5 Å². The third kappa shape index (κ3) is 7.41. The third-order valence-corrected chi connectivity index (χ3v) is 6.89. The zero-order valence-corrected chi connectivity index (χ0v) is 19.5. The normalized spacial score (nSPS) is 11.3. The van der Waals surface area contributed by atoms with Crippen molar-refractivity contribution in [2.75, 3.05) is 29.4 Å². The summed E-state index contributed by atoms with van der Waals surface area (Å²) in [6, 6.07) is 12.6. The summed E-state index contributed by atoms with van der Waals surface area (Å²) in [5.74, 6) is 1.03. The van der Waals surface area contributed by atoms with Gasteiger partial charge in [0.05, 0.1) is 11.9 Å². The van der Waals surface area contributed by atoms with E-state index in [0.717, 1.165) is 21.7 Å². The summed E-state index contributed by atoms with van der Waals surface area (Å²) in [4.78, 5) is 12.3. The fourth-order valence-corrected chi connectivity index (χ4v) is 5.01. The van der Waals surface area contributed by atoms with E-state index >= 15 is 0 Å². The van der Waals surface area contributed by atoms with E-state index in [4.69, 9.17) is 23.2 Å². The Morgan fingerprint density at radius 3 is 2.52 bits per heavy atom. The van der Waals surface area contributed by atoms with E-state index < -0.39 is 10.0 Å². The molecule has 0 spiro atoms. The van der Waals surface area contributed by atoms with Crippen LogP contribution in [0.25, 0.3) is 0 Å². The van der Waals surface area contributed by atoms with Crippen LogP contribution < -0.4 is 9.62 Å². The van der Waals surface area contributed by atoms with Crippen molar-refractivity contribution in [3.05, 3.63) is 63.6 Å². The highest BCUT2D eigenvalue weighted by molar-refractivity contribution is 7.98. The number of carbonyl (C=O) groups is 1. The summed E-state index contributed by atoms with van der Waals surface area (Å²) in [6.45, 7) is 2.13. The molecule has 0 heterocycles. The highest BCUT2D eigenvalue weighted by Crippen LogP contribution is 2.25. The van der Waals surface area contributed by atoms with Crippen molar-refractivity contribution >= 4 is 56.6 Å². The molecule has 0 saturated heterocycles. The van der Waals surface area contributed by atoms with E-state index in [1.807, 2.05) is 25.1 Å². The van der Waals surface area contributed by atoms with Crippen LogP contribution in [-0.2, 0) is 27.0 Å². The molecular formula is C20H24Cl2N2O3S2. The van der Waals surface area contributed by atoms with Gasteiger partial charge in [-0.2, -0.15) is 11.8 Å². The van der Waals surface area contributed by atoms with Crippen LogP contribution >= 0.6 is 35.0 Å². The first-order chi connectivity index (χ1) is 13.7. The number of thioether (sulfide) groups is 1. The average Bonchev–Trinajstić information content (AvgIpc) is 2.66. The maximum Gasteiger partial charge on any atom is 0.240 e. The monoisotopic (exact) mass is 474 g/mol. The molecule has 0 aliphatic heterocycles. The molecule has 0 unspecified atom stereocenters. The second kappa shape index (κ2) is 11.1. The number of hydrogen-bond donors (Lipinski definition) is 1. The largest absolute Gasteiger partial charge is 0.354 e. The molecule has 2 rings (SSSR count). The van der Waals surface area contributed by atoms with E-state index in [9.17, 15) is 13.2 Å². The summed E-state index contributed by atoms with van der Waals surface area (Å²) in [5.41, 5.74) is 2.40. The molecule has 0 aliphatic carbocycles. The van der Waals surface area contributed by atoms with Crippen LogP contribution in [-0.4, -0.2) is 39.4 Å². The minimum Gasteiger partial charge on any atom is -0.354 e. The number of amides is 1. The molecule has 0 aliphatic rings. The SMILES string of the molecule is CCc1ccccc1N(CC(=O)NCCSCc1ccc(Cl)cc1Cl)S(C)(=O)=O. The molecule has 2 aromatic carbocycles. The van der Waals surface area contributed by atoms with Gasteiger partial charge in [-0.3, -0.25) is 9.10 Å². The number of anilines is 1. The van der Waals surface area contributed by atoms with Crippen molar-refractivity contribution < 1.29 is 13.2 Å². The number of sulfonamides is 1. The second-order valence-corrected chi connectivity index (χ2v) is 10.2. The Bertz CT molecular complexity index is 952. The van der Waals surface area contributed by atoms with Gasteiger partial charge in [-0.1, -0.05) is 54.4 Å². The lowest BCUT2D eigenvalue weighted by Gasteiger charge is -2.24. The number of halogens is 2. The lowest BCUT2D eigenvalue weighted by atomic mass is 10.1.